The Hall–Kier alpha value is -2.32. The van der Waals surface area contributed by atoms with E-state index < -0.39 is 17.9 Å². The fraction of sp³-hybridized carbons (Fsp3) is 0.286. The summed E-state index contributed by atoms with van der Waals surface area (Å²) in [6.07, 6.45) is 4.97. The summed E-state index contributed by atoms with van der Waals surface area (Å²) in [7, 11) is 0. The van der Waals surface area contributed by atoms with Crippen molar-refractivity contribution < 1.29 is 19.4 Å². The monoisotopic (exact) mass is 261 g/mol. The SMILES string of the molecule is C#CC[C@H](NC(=O)COCc1ccccc1)C(=O)O. The lowest BCUT2D eigenvalue weighted by Gasteiger charge is -2.11. The number of rotatable bonds is 7. The second-order valence-electron chi connectivity index (χ2n) is 3.84. The number of carbonyl (C=O) groups is 2. The molecular formula is C14H15NO4. The molecule has 0 saturated heterocycles. The molecule has 0 spiro atoms. The maximum absolute atomic E-state index is 11.5. The van der Waals surface area contributed by atoms with Crippen LogP contribution in [0.5, 0.6) is 0 Å². The average Bonchev–Trinajstić information content (AvgIpc) is 2.39. The lowest BCUT2D eigenvalue weighted by Crippen LogP contribution is -2.42. The molecule has 0 aliphatic carbocycles. The van der Waals surface area contributed by atoms with Gasteiger partial charge in [-0.05, 0) is 5.56 Å². The van der Waals surface area contributed by atoms with Crippen LogP contribution in [0.3, 0.4) is 0 Å². The van der Waals surface area contributed by atoms with E-state index in [9.17, 15) is 9.59 Å². The predicted molar refractivity (Wildman–Crippen MR) is 69.1 cm³/mol. The van der Waals surface area contributed by atoms with Gasteiger partial charge in [-0.1, -0.05) is 30.3 Å². The zero-order valence-electron chi connectivity index (χ0n) is 10.3. The standard InChI is InChI=1S/C14H15NO4/c1-2-6-12(14(17)18)15-13(16)10-19-9-11-7-4-3-5-8-11/h1,3-5,7-8,12H,6,9-10H2,(H,15,16)(H,17,18)/t12-/m0/s1. The summed E-state index contributed by atoms with van der Waals surface area (Å²) in [5, 5.41) is 11.1. The zero-order valence-corrected chi connectivity index (χ0v) is 10.3. The summed E-state index contributed by atoms with van der Waals surface area (Å²) in [5.41, 5.74) is 0.939. The summed E-state index contributed by atoms with van der Waals surface area (Å²) in [4.78, 5) is 22.2. The third-order valence-electron chi connectivity index (χ3n) is 2.30. The van der Waals surface area contributed by atoms with Gasteiger partial charge in [0.2, 0.25) is 5.91 Å². The Kier molecular flexibility index (Phi) is 6.13. The fourth-order valence-electron chi connectivity index (χ4n) is 1.39. The average molecular weight is 261 g/mol. The van der Waals surface area contributed by atoms with Crippen LogP contribution in [0.15, 0.2) is 30.3 Å². The number of carboxylic acid groups (broad SMARTS) is 1. The van der Waals surface area contributed by atoms with Gasteiger partial charge in [0.25, 0.3) is 0 Å². The minimum atomic E-state index is -1.16. The Morgan fingerprint density at radius 3 is 2.63 bits per heavy atom. The summed E-state index contributed by atoms with van der Waals surface area (Å²) in [5.74, 6) is 0.541. The van der Waals surface area contributed by atoms with Gasteiger partial charge in [0.1, 0.15) is 12.6 Å². The molecule has 2 N–H and O–H groups in total. The first-order valence-corrected chi connectivity index (χ1v) is 5.70. The number of carbonyl (C=O) groups excluding carboxylic acids is 1. The first-order chi connectivity index (χ1) is 9.13. The Morgan fingerprint density at radius 1 is 1.37 bits per heavy atom. The van der Waals surface area contributed by atoms with Crippen LogP contribution >= 0.6 is 0 Å². The van der Waals surface area contributed by atoms with E-state index >= 15 is 0 Å². The summed E-state index contributed by atoms with van der Waals surface area (Å²) in [6.45, 7) is 0.0877. The van der Waals surface area contributed by atoms with Gasteiger partial charge in [-0.25, -0.2) is 4.79 Å². The number of benzene rings is 1. The van der Waals surface area contributed by atoms with E-state index in [2.05, 4.69) is 11.2 Å². The van der Waals surface area contributed by atoms with E-state index in [1.165, 1.54) is 0 Å². The molecule has 5 heteroatoms. The van der Waals surface area contributed by atoms with Crippen LogP contribution in [-0.4, -0.2) is 29.6 Å². The molecule has 19 heavy (non-hydrogen) atoms. The summed E-state index contributed by atoms with van der Waals surface area (Å²) in [6, 6.07) is 8.29. The first kappa shape index (κ1) is 14.7. The van der Waals surface area contributed by atoms with Crippen molar-refractivity contribution in [3.8, 4) is 12.3 Å². The molecule has 0 saturated carbocycles. The third kappa shape index (κ3) is 5.70. The molecule has 0 bridgehead atoms. The maximum Gasteiger partial charge on any atom is 0.327 e. The molecule has 0 heterocycles. The zero-order chi connectivity index (χ0) is 14.1. The minimum Gasteiger partial charge on any atom is -0.480 e. The normalized spacial score (nSPS) is 11.3. The molecule has 1 aromatic rings. The number of terminal acetylenes is 1. The second kappa shape index (κ2) is 7.90. The molecule has 0 aliphatic rings. The highest BCUT2D eigenvalue weighted by molar-refractivity contribution is 5.84. The fourth-order valence-corrected chi connectivity index (χ4v) is 1.39. The maximum atomic E-state index is 11.5. The van der Waals surface area contributed by atoms with Gasteiger partial charge in [0.15, 0.2) is 0 Å². The lowest BCUT2D eigenvalue weighted by atomic mass is 10.2. The van der Waals surface area contributed by atoms with E-state index in [1.54, 1.807) is 0 Å². The molecule has 1 amide bonds. The van der Waals surface area contributed by atoms with E-state index in [-0.39, 0.29) is 13.0 Å². The van der Waals surface area contributed by atoms with Crippen molar-refractivity contribution in [1.29, 1.82) is 0 Å². The largest absolute Gasteiger partial charge is 0.480 e. The highest BCUT2D eigenvalue weighted by atomic mass is 16.5. The molecule has 100 valence electrons. The molecule has 0 fully saturated rings. The van der Waals surface area contributed by atoms with E-state index in [1.807, 2.05) is 30.3 Å². The van der Waals surface area contributed by atoms with E-state index in [4.69, 9.17) is 16.3 Å². The number of carboxylic acids is 1. The van der Waals surface area contributed by atoms with Gasteiger partial charge < -0.3 is 15.2 Å². The minimum absolute atomic E-state index is 0.0558. The number of nitrogens with one attached hydrogen (secondary N) is 1. The number of amides is 1. The molecule has 0 aromatic heterocycles. The Balaban J connectivity index is 2.31. The molecular weight excluding hydrogens is 246 g/mol. The Bertz CT molecular complexity index is 464. The number of ether oxygens (including phenoxy) is 1. The molecule has 0 radical (unpaired) electrons. The number of hydrogen-bond donors (Lipinski definition) is 2. The molecule has 1 atom stereocenters. The van der Waals surface area contributed by atoms with Gasteiger partial charge >= 0.3 is 5.97 Å². The Labute approximate surface area is 111 Å². The molecule has 0 aliphatic heterocycles. The highest BCUT2D eigenvalue weighted by Crippen LogP contribution is 2.00. The van der Waals surface area contributed by atoms with Crippen molar-refractivity contribution in [3.63, 3.8) is 0 Å². The van der Waals surface area contributed by atoms with Crippen molar-refractivity contribution >= 4 is 11.9 Å². The Morgan fingerprint density at radius 2 is 2.05 bits per heavy atom. The summed E-state index contributed by atoms with van der Waals surface area (Å²) < 4.78 is 5.18. The van der Waals surface area contributed by atoms with Crippen LogP contribution in [0, 0.1) is 12.3 Å². The van der Waals surface area contributed by atoms with Crippen molar-refractivity contribution in [2.24, 2.45) is 0 Å². The van der Waals surface area contributed by atoms with Crippen molar-refractivity contribution in [2.75, 3.05) is 6.61 Å². The topological polar surface area (TPSA) is 75.6 Å². The predicted octanol–water partition coefficient (Wildman–Crippen LogP) is 0.796. The van der Waals surface area contributed by atoms with Crippen molar-refractivity contribution in [2.45, 2.75) is 19.1 Å². The van der Waals surface area contributed by atoms with E-state index in [0.717, 1.165) is 5.56 Å². The smallest absolute Gasteiger partial charge is 0.327 e. The molecule has 5 nitrogen and oxygen atoms in total. The highest BCUT2D eigenvalue weighted by Gasteiger charge is 2.18. The number of aliphatic carboxylic acids is 1. The van der Waals surface area contributed by atoms with Crippen LogP contribution in [-0.2, 0) is 20.9 Å². The van der Waals surface area contributed by atoms with Crippen LogP contribution in [0.25, 0.3) is 0 Å². The van der Waals surface area contributed by atoms with Gasteiger partial charge in [-0.2, -0.15) is 0 Å². The van der Waals surface area contributed by atoms with Gasteiger partial charge in [0.05, 0.1) is 6.61 Å². The lowest BCUT2D eigenvalue weighted by molar-refractivity contribution is -0.142. The number of hydrogen-bond acceptors (Lipinski definition) is 3. The molecule has 1 rings (SSSR count). The van der Waals surface area contributed by atoms with Gasteiger partial charge in [0, 0.05) is 6.42 Å². The van der Waals surface area contributed by atoms with Crippen molar-refractivity contribution in [1.82, 2.24) is 5.32 Å². The summed E-state index contributed by atoms with van der Waals surface area (Å²) >= 11 is 0. The van der Waals surface area contributed by atoms with Gasteiger partial charge in [-0.3, -0.25) is 4.79 Å². The molecule has 1 aromatic carbocycles. The van der Waals surface area contributed by atoms with Gasteiger partial charge in [-0.15, -0.1) is 12.3 Å². The first-order valence-electron chi connectivity index (χ1n) is 5.70. The van der Waals surface area contributed by atoms with Crippen LogP contribution in [0.1, 0.15) is 12.0 Å². The molecule has 0 unspecified atom stereocenters. The van der Waals surface area contributed by atoms with Crippen LogP contribution in [0.2, 0.25) is 0 Å². The van der Waals surface area contributed by atoms with Crippen molar-refractivity contribution in [3.05, 3.63) is 35.9 Å². The second-order valence-corrected chi connectivity index (χ2v) is 3.84. The quantitative estimate of drug-likeness (QED) is 0.712. The van der Waals surface area contributed by atoms with Crippen LogP contribution in [0.4, 0.5) is 0 Å². The van der Waals surface area contributed by atoms with Crippen LogP contribution < -0.4 is 5.32 Å². The third-order valence-corrected chi connectivity index (χ3v) is 2.30. The van der Waals surface area contributed by atoms with E-state index in [0.29, 0.717) is 6.61 Å².